The van der Waals surface area contributed by atoms with E-state index in [1.807, 2.05) is 6.92 Å². The lowest BCUT2D eigenvalue weighted by Gasteiger charge is -2.46. The minimum atomic E-state index is -0.809. The number of amides is 1. The Balaban J connectivity index is 2.17. The van der Waals surface area contributed by atoms with Crippen molar-refractivity contribution < 1.29 is 14.8 Å². The molecule has 1 aromatic carbocycles. The second-order valence-electron chi connectivity index (χ2n) is 4.66. The molecule has 1 amide bonds. The van der Waals surface area contributed by atoms with E-state index >= 15 is 0 Å². The number of hydrogen-bond donors (Lipinski definition) is 1. The van der Waals surface area contributed by atoms with E-state index in [-0.39, 0.29) is 30.2 Å². The van der Waals surface area contributed by atoms with Gasteiger partial charge in [0, 0.05) is 11.6 Å². The summed E-state index contributed by atoms with van der Waals surface area (Å²) in [5, 5.41) is 20.7. The van der Waals surface area contributed by atoms with Gasteiger partial charge in [0.2, 0.25) is 0 Å². The predicted molar refractivity (Wildman–Crippen MR) is 71.9 cm³/mol. The van der Waals surface area contributed by atoms with E-state index in [9.17, 15) is 20.0 Å². The third-order valence-corrected chi connectivity index (χ3v) is 3.98. The SMILES string of the molecule is CCC1(O)CN(C(=O)c2ccc(Br)c([N+](=O)[O-])c2)C1. The smallest absolute Gasteiger partial charge is 0.284 e. The van der Waals surface area contributed by atoms with E-state index < -0.39 is 10.5 Å². The minimum Gasteiger partial charge on any atom is -0.386 e. The van der Waals surface area contributed by atoms with Gasteiger partial charge in [-0.05, 0) is 34.5 Å². The summed E-state index contributed by atoms with van der Waals surface area (Å²) in [4.78, 5) is 23.8. The van der Waals surface area contributed by atoms with E-state index in [0.29, 0.717) is 10.9 Å². The Morgan fingerprint density at radius 2 is 2.21 bits per heavy atom. The van der Waals surface area contributed by atoms with Crippen LogP contribution in [0.25, 0.3) is 0 Å². The fourth-order valence-corrected chi connectivity index (χ4v) is 2.39. The zero-order chi connectivity index (χ0) is 14.2. The number of halogens is 1. The average molecular weight is 329 g/mol. The molecule has 6 nitrogen and oxygen atoms in total. The molecule has 1 aliphatic heterocycles. The summed E-state index contributed by atoms with van der Waals surface area (Å²) < 4.78 is 0.336. The molecule has 102 valence electrons. The summed E-state index contributed by atoms with van der Waals surface area (Å²) in [5.41, 5.74) is -0.693. The van der Waals surface area contributed by atoms with Crippen molar-refractivity contribution in [3.8, 4) is 0 Å². The molecule has 0 atom stereocenters. The van der Waals surface area contributed by atoms with E-state index in [0.717, 1.165) is 0 Å². The van der Waals surface area contributed by atoms with Crippen LogP contribution in [0.1, 0.15) is 23.7 Å². The second kappa shape index (κ2) is 4.90. The molecule has 0 saturated carbocycles. The molecule has 0 spiro atoms. The molecule has 0 aliphatic carbocycles. The van der Waals surface area contributed by atoms with Crippen LogP contribution >= 0.6 is 15.9 Å². The van der Waals surface area contributed by atoms with Crippen molar-refractivity contribution in [2.75, 3.05) is 13.1 Å². The highest BCUT2D eigenvalue weighted by Crippen LogP contribution is 2.29. The number of carbonyl (C=O) groups excluding carboxylic acids is 1. The maximum Gasteiger partial charge on any atom is 0.284 e. The molecule has 1 heterocycles. The van der Waals surface area contributed by atoms with Gasteiger partial charge in [-0.3, -0.25) is 14.9 Å². The number of β-amino-alcohol motifs (C(OH)–C–C–N with tert-alkyl or cyclic N) is 1. The van der Waals surface area contributed by atoms with Crippen LogP contribution in [0.3, 0.4) is 0 Å². The number of nitrogens with zero attached hydrogens (tertiary/aromatic N) is 2. The van der Waals surface area contributed by atoms with Gasteiger partial charge in [0.05, 0.1) is 28.1 Å². The molecule has 1 aliphatic rings. The first-order chi connectivity index (χ1) is 8.86. The van der Waals surface area contributed by atoms with Crippen LogP contribution in [0.4, 0.5) is 5.69 Å². The quantitative estimate of drug-likeness (QED) is 0.679. The van der Waals surface area contributed by atoms with Crippen molar-refractivity contribution in [3.63, 3.8) is 0 Å². The van der Waals surface area contributed by atoms with Crippen LogP contribution in [0, 0.1) is 10.1 Å². The second-order valence-corrected chi connectivity index (χ2v) is 5.52. The molecule has 2 rings (SSSR count). The normalized spacial score (nSPS) is 16.9. The molecule has 0 unspecified atom stereocenters. The van der Waals surface area contributed by atoms with Gasteiger partial charge in [-0.25, -0.2) is 0 Å². The number of likely N-dealkylation sites (tertiary alicyclic amines) is 1. The van der Waals surface area contributed by atoms with E-state index in [1.165, 1.54) is 23.1 Å². The summed E-state index contributed by atoms with van der Waals surface area (Å²) in [6.07, 6.45) is 0.581. The standard InChI is InChI=1S/C12H13BrN2O4/c1-2-12(17)6-14(7-12)11(16)8-3-4-9(13)10(5-8)15(18)19/h3-5,17H,2,6-7H2,1H3. The Hall–Kier alpha value is -1.47. The summed E-state index contributed by atoms with van der Waals surface area (Å²) >= 11 is 3.07. The molecule has 1 saturated heterocycles. The van der Waals surface area contributed by atoms with Crippen LogP contribution in [0.2, 0.25) is 0 Å². The van der Waals surface area contributed by atoms with Crippen molar-refractivity contribution in [1.29, 1.82) is 0 Å². The number of carbonyl (C=O) groups is 1. The van der Waals surface area contributed by atoms with Crippen LogP contribution in [0.15, 0.2) is 22.7 Å². The van der Waals surface area contributed by atoms with Crippen LogP contribution < -0.4 is 0 Å². The average Bonchev–Trinajstić information content (AvgIpc) is 2.34. The lowest BCUT2D eigenvalue weighted by atomic mass is 9.90. The van der Waals surface area contributed by atoms with Gasteiger partial charge in [-0.1, -0.05) is 6.92 Å². The first-order valence-electron chi connectivity index (χ1n) is 5.82. The topological polar surface area (TPSA) is 83.7 Å². The zero-order valence-electron chi connectivity index (χ0n) is 10.3. The van der Waals surface area contributed by atoms with Crippen molar-refractivity contribution in [1.82, 2.24) is 4.90 Å². The molecule has 1 fully saturated rings. The minimum absolute atomic E-state index is 0.142. The van der Waals surface area contributed by atoms with Gasteiger partial charge >= 0.3 is 0 Å². The molecule has 0 aromatic heterocycles. The van der Waals surface area contributed by atoms with Crippen molar-refractivity contribution in [2.45, 2.75) is 18.9 Å². The third-order valence-electron chi connectivity index (χ3n) is 3.31. The highest BCUT2D eigenvalue weighted by molar-refractivity contribution is 9.10. The Bertz CT molecular complexity index is 541. The van der Waals surface area contributed by atoms with Gasteiger partial charge < -0.3 is 10.0 Å². The van der Waals surface area contributed by atoms with Gasteiger partial charge in [0.1, 0.15) is 0 Å². The van der Waals surface area contributed by atoms with Gasteiger partial charge in [0.15, 0.2) is 0 Å². The molecule has 7 heteroatoms. The van der Waals surface area contributed by atoms with Crippen LogP contribution in [-0.4, -0.2) is 39.5 Å². The first kappa shape index (κ1) is 14.0. The maximum atomic E-state index is 12.1. The summed E-state index contributed by atoms with van der Waals surface area (Å²) in [7, 11) is 0. The lowest BCUT2D eigenvalue weighted by Crippen LogP contribution is -2.63. The predicted octanol–water partition coefficient (Wildman–Crippen LogP) is 1.95. The third kappa shape index (κ3) is 2.62. The van der Waals surface area contributed by atoms with Crippen molar-refractivity contribution in [3.05, 3.63) is 38.3 Å². The number of nitro benzene ring substituents is 1. The maximum absolute atomic E-state index is 12.1. The van der Waals surface area contributed by atoms with Gasteiger partial charge in [-0.15, -0.1) is 0 Å². The first-order valence-corrected chi connectivity index (χ1v) is 6.61. The van der Waals surface area contributed by atoms with E-state index in [1.54, 1.807) is 0 Å². The Morgan fingerprint density at radius 1 is 1.58 bits per heavy atom. The monoisotopic (exact) mass is 328 g/mol. The summed E-state index contributed by atoms with van der Waals surface area (Å²) in [5.74, 6) is -0.297. The Labute approximate surface area is 118 Å². The van der Waals surface area contributed by atoms with E-state index in [4.69, 9.17) is 0 Å². The largest absolute Gasteiger partial charge is 0.386 e. The number of rotatable bonds is 3. The van der Waals surface area contributed by atoms with Crippen molar-refractivity contribution in [2.24, 2.45) is 0 Å². The van der Waals surface area contributed by atoms with Crippen LogP contribution in [0.5, 0.6) is 0 Å². The van der Waals surface area contributed by atoms with Gasteiger partial charge in [-0.2, -0.15) is 0 Å². The zero-order valence-corrected chi connectivity index (χ0v) is 11.9. The molecule has 19 heavy (non-hydrogen) atoms. The number of aliphatic hydroxyl groups is 1. The summed E-state index contributed by atoms with van der Waals surface area (Å²) in [6, 6.07) is 4.26. The molecule has 1 N–H and O–H groups in total. The molecule has 0 bridgehead atoms. The molecular formula is C12H13BrN2O4. The molecule has 1 aromatic rings. The number of benzene rings is 1. The Morgan fingerprint density at radius 3 is 2.74 bits per heavy atom. The number of hydrogen-bond acceptors (Lipinski definition) is 4. The van der Waals surface area contributed by atoms with Gasteiger partial charge in [0.25, 0.3) is 11.6 Å². The number of nitro groups is 1. The fourth-order valence-electron chi connectivity index (χ4n) is 2.00. The Kier molecular flexibility index (Phi) is 3.60. The van der Waals surface area contributed by atoms with E-state index in [2.05, 4.69) is 15.9 Å². The molecule has 0 radical (unpaired) electrons. The van der Waals surface area contributed by atoms with Crippen LogP contribution in [-0.2, 0) is 0 Å². The highest BCUT2D eigenvalue weighted by atomic mass is 79.9. The fraction of sp³-hybridized carbons (Fsp3) is 0.417. The van der Waals surface area contributed by atoms with Crippen molar-refractivity contribution >= 4 is 27.5 Å². The molecular weight excluding hydrogens is 316 g/mol. The summed E-state index contributed by atoms with van der Waals surface area (Å²) in [6.45, 7) is 2.39. The highest BCUT2D eigenvalue weighted by Gasteiger charge is 2.42. The lowest BCUT2D eigenvalue weighted by molar-refractivity contribution is -0.385.